The molecule has 3 aliphatic rings. The van der Waals surface area contributed by atoms with Gasteiger partial charge in [-0.1, -0.05) is 61.8 Å². The first-order chi connectivity index (χ1) is 13.3. The molecule has 3 rings (SSSR count). The number of oxime groups is 1. The lowest BCUT2D eigenvalue weighted by Crippen LogP contribution is -2.39. The van der Waals surface area contributed by atoms with Gasteiger partial charge >= 0.3 is 6.09 Å². The zero-order valence-corrected chi connectivity index (χ0v) is 20.7. The third kappa shape index (κ3) is 6.26. The number of nitrogens with zero attached hydrogens (tertiary/aromatic N) is 3. The summed E-state index contributed by atoms with van der Waals surface area (Å²) in [6.07, 6.45) is 5.07. The average Bonchev–Trinajstić information content (AvgIpc) is 3.21. The number of amides is 1. The van der Waals surface area contributed by atoms with Crippen molar-refractivity contribution in [2.75, 3.05) is 31.8 Å². The molecule has 28 heavy (non-hydrogen) atoms. The summed E-state index contributed by atoms with van der Waals surface area (Å²) >= 11 is 10.3. The van der Waals surface area contributed by atoms with E-state index in [0.29, 0.717) is 13.2 Å². The van der Waals surface area contributed by atoms with Crippen molar-refractivity contribution in [2.24, 2.45) is 10.6 Å². The van der Waals surface area contributed by atoms with Crippen molar-refractivity contribution in [1.82, 2.24) is 8.38 Å². The SMILES string of the molecule is CN(SN(C1CCCCC1)P1(=S)OCC(C)(C)CO1)C(=O)ON=C1SCCS1. The molecule has 12 heteroatoms. The maximum atomic E-state index is 12.4. The Hall–Kier alpha value is 0.520. The standard InChI is InChI=1S/C16H28N3O4PS4/c1-16(2)11-21-24(25,22-12-16)19(13-7-5-4-6-8-13)28-18(3)15(20)23-17-14-26-9-10-27-14/h13H,4-12H2,1-3H3. The molecule has 0 atom stereocenters. The van der Waals surface area contributed by atoms with Gasteiger partial charge in [-0.3, -0.25) is 4.84 Å². The van der Waals surface area contributed by atoms with Gasteiger partial charge in [0, 0.05) is 30.0 Å². The number of carbonyl (C=O) groups is 1. The third-order valence-electron chi connectivity index (χ3n) is 4.56. The molecule has 160 valence electrons. The minimum Gasteiger partial charge on any atom is -0.317 e. The Kier molecular flexibility index (Phi) is 8.46. The maximum absolute atomic E-state index is 12.4. The molecule has 3 fully saturated rings. The van der Waals surface area contributed by atoms with Crippen LogP contribution in [0.15, 0.2) is 5.16 Å². The number of rotatable bonds is 5. The van der Waals surface area contributed by atoms with Crippen LogP contribution in [0.2, 0.25) is 0 Å². The normalized spacial score (nSPS) is 24.9. The van der Waals surface area contributed by atoms with Crippen LogP contribution in [-0.2, 0) is 25.7 Å². The van der Waals surface area contributed by atoms with E-state index in [1.165, 1.54) is 22.9 Å². The van der Waals surface area contributed by atoms with Crippen LogP contribution in [0.25, 0.3) is 0 Å². The summed E-state index contributed by atoms with van der Waals surface area (Å²) in [5.41, 5.74) is -0.0528. The Morgan fingerprint density at radius 1 is 1.25 bits per heavy atom. The molecular weight excluding hydrogens is 457 g/mol. The van der Waals surface area contributed by atoms with E-state index in [2.05, 4.69) is 19.0 Å². The monoisotopic (exact) mass is 485 g/mol. The molecule has 7 nitrogen and oxygen atoms in total. The van der Waals surface area contributed by atoms with E-state index >= 15 is 0 Å². The molecule has 1 aliphatic carbocycles. The quantitative estimate of drug-likeness (QED) is 0.223. The lowest BCUT2D eigenvalue weighted by Gasteiger charge is -2.44. The summed E-state index contributed by atoms with van der Waals surface area (Å²) < 4.78 is 16.5. The van der Waals surface area contributed by atoms with Gasteiger partial charge in [0.1, 0.15) is 0 Å². The second-order valence-corrected chi connectivity index (χ2v) is 14.8. The lowest BCUT2D eigenvalue weighted by molar-refractivity contribution is 0.0465. The first-order valence-electron chi connectivity index (χ1n) is 9.44. The number of carbonyl (C=O) groups excluding carboxylic acids is 1. The average molecular weight is 486 g/mol. The Bertz CT molecular complexity index is 623. The van der Waals surface area contributed by atoms with Crippen LogP contribution >= 0.6 is 42.3 Å². The summed E-state index contributed by atoms with van der Waals surface area (Å²) in [5.74, 6) is 1.99. The molecule has 0 spiro atoms. The van der Waals surface area contributed by atoms with Gasteiger partial charge in [0.15, 0.2) is 4.38 Å². The highest BCUT2D eigenvalue weighted by Gasteiger charge is 2.43. The minimum atomic E-state index is -2.67. The van der Waals surface area contributed by atoms with Crippen molar-refractivity contribution < 1.29 is 18.7 Å². The largest absolute Gasteiger partial charge is 0.446 e. The summed E-state index contributed by atoms with van der Waals surface area (Å²) in [5, 5.41) is 3.95. The zero-order chi connectivity index (χ0) is 20.2. The van der Waals surface area contributed by atoms with E-state index in [4.69, 9.17) is 25.7 Å². The molecule has 0 unspecified atom stereocenters. The van der Waals surface area contributed by atoms with Crippen molar-refractivity contribution in [3.05, 3.63) is 0 Å². The van der Waals surface area contributed by atoms with E-state index < -0.39 is 12.7 Å². The fraction of sp³-hybridized carbons (Fsp3) is 0.875. The second-order valence-electron chi connectivity index (χ2n) is 7.76. The molecule has 2 saturated heterocycles. The van der Waals surface area contributed by atoms with Crippen molar-refractivity contribution in [1.29, 1.82) is 0 Å². The van der Waals surface area contributed by atoms with Crippen LogP contribution in [0.5, 0.6) is 0 Å². The number of hydrogen-bond donors (Lipinski definition) is 0. The highest BCUT2D eigenvalue weighted by molar-refractivity contribution is 8.41. The Morgan fingerprint density at radius 3 is 2.46 bits per heavy atom. The molecule has 2 aliphatic heterocycles. The molecule has 0 aromatic heterocycles. The molecule has 1 amide bonds. The number of hydrogen-bond acceptors (Lipinski definition) is 9. The van der Waals surface area contributed by atoms with Crippen molar-refractivity contribution in [3.63, 3.8) is 0 Å². The Balaban J connectivity index is 1.67. The van der Waals surface area contributed by atoms with E-state index in [1.807, 2.05) is 4.08 Å². The van der Waals surface area contributed by atoms with Crippen LogP contribution in [0.1, 0.15) is 46.0 Å². The smallest absolute Gasteiger partial charge is 0.317 e. The van der Waals surface area contributed by atoms with Crippen LogP contribution in [0.4, 0.5) is 4.79 Å². The maximum Gasteiger partial charge on any atom is 0.446 e. The summed E-state index contributed by atoms with van der Waals surface area (Å²) in [4.78, 5) is 17.5. The molecule has 0 aromatic rings. The first-order valence-corrected chi connectivity index (χ1v) is 14.7. The highest BCUT2D eigenvalue weighted by Crippen LogP contribution is 2.62. The number of thioether (sulfide) groups is 2. The van der Waals surface area contributed by atoms with Gasteiger partial charge in [-0.25, -0.2) is 9.10 Å². The zero-order valence-electron chi connectivity index (χ0n) is 16.5. The fourth-order valence-corrected chi connectivity index (χ4v) is 9.60. The van der Waals surface area contributed by atoms with Gasteiger partial charge < -0.3 is 9.05 Å². The van der Waals surface area contributed by atoms with Gasteiger partial charge in [0.25, 0.3) is 6.64 Å². The molecule has 0 bridgehead atoms. The van der Waals surface area contributed by atoms with Gasteiger partial charge in [0.05, 0.1) is 25.3 Å². The predicted octanol–water partition coefficient (Wildman–Crippen LogP) is 5.30. The van der Waals surface area contributed by atoms with Crippen molar-refractivity contribution in [3.8, 4) is 0 Å². The van der Waals surface area contributed by atoms with Crippen molar-refractivity contribution >= 4 is 64.6 Å². The van der Waals surface area contributed by atoms with Crippen LogP contribution in [-0.4, -0.2) is 56.7 Å². The van der Waals surface area contributed by atoms with Gasteiger partial charge in [-0.15, -0.1) is 0 Å². The van der Waals surface area contributed by atoms with Crippen LogP contribution < -0.4 is 0 Å². The van der Waals surface area contributed by atoms with E-state index in [1.54, 1.807) is 30.6 Å². The van der Waals surface area contributed by atoms with E-state index in [9.17, 15) is 4.79 Å². The Morgan fingerprint density at radius 2 is 1.86 bits per heavy atom. The molecular formula is C16H28N3O4PS4. The molecule has 0 N–H and O–H groups in total. The first kappa shape index (κ1) is 23.2. The summed E-state index contributed by atoms with van der Waals surface area (Å²) in [7, 11) is 1.67. The van der Waals surface area contributed by atoms with Crippen LogP contribution in [0, 0.1) is 5.41 Å². The van der Waals surface area contributed by atoms with Crippen LogP contribution in [0.3, 0.4) is 0 Å². The van der Waals surface area contributed by atoms with Crippen molar-refractivity contribution in [2.45, 2.75) is 52.0 Å². The fourth-order valence-electron chi connectivity index (χ4n) is 2.96. The predicted molar refractivity (Wildman–Crippen MR) is 123 cm³/mol. The topological polar surface area (TPSA) is 63.6 Å². The van der Waals surface area contributed by atoms with E-state index in [0.717, 1.165) is 41.6 Å². The van der Waals surface area contributed by atoms with Gasteiger partial charge in [0.2, 0.25) is 0 Å². The molecule has 1 saturated carbocycles. The van der Waals surface area contributed by atoms with Gasteiger partial charge in [-0.2, -0.15) is 4.08 Å². The summed E-state index contributed by atoms with van der Waals surface area (Å²) in [6, 6.07) is 0.230. The molecule has 0 aromatic carbocycles. The molecule has 2 heterocycles. The second kappa shape index (κ2) is 10.2. The van der Waals surface area contributed by atoms with E-state index in [-0.39, 0.29) is 11.5 Å². The highest BCUT2D eigenvalue weighted by atomic mass is 32.5. The minimum absolute atomic E-state index is 0.0528. The lowest BCUT2D eigenvalue weighted by atomic mass is 9.96. The Labute approximate surface area is 185 Å². The van der Waals surface area contributed by atoms with Gasteiger partial charge in [-0.05, 0) is 24.6 Å². The molecule has 0 radical (unpaired) electrons. The summed E-state index contributed by atoms with van der Waals surface area (Å²) in [6.45, 7) is 2.66. The third-order valence-corrected chi connectivity index (χ3v) is 11.9.